The van der Waals surface area contributed by atoms with Gasteiger partial charge in [-0.05, 0) is 57.3 Å². The molecule has 0 aliphatic heterocycles. The first-order chi connectivity index (χ1) is 27.7. The summed E-state index contributed by atoms with van der Waals surface area (Å²) >= 11 is 0. The Hall–Kier alpha value is -5.13. The normalized spacial score (nSPS) is 10.5. The van der Waals surface area contributed by atoms with E-state index in [1.54, 1.807) is 26.6 Å². The van der Waals surface area contributed by atoms with Crippen LogP contribution in [0.1, 0.15) is 77.1 Å². The zero-order chi connectivity index (χ0) is 42.3. The molecule has 0 heterocycles. The molecule has 0 unspecified atom stereocenters. The second-order valence-electron chi connectivity index (χ2n) is 15.6. The van der Waals surface area contributed by atoms with Crippen LogP contribution in [0, 0.1) is 0 Å². The van der Waals surface area contributed by atoms with Crippen LogP contribution in [0.25, 0.3) is 22.3 Å². The molecular weight excluding hydrogens is 870 g/mol. The molecule has 0 saturated carbocycles. The number of hydrogen-bond acceptors (Lipinski definition) is 8. The Morgan fingerprint density at radius 1 is 0.492 bits per heavy atom. The molecule has 63 heavy (non-hydrogen) atoms. The maximum Gasteiger partial charge on any atom is 4.00 e. The summed E-state index contributed by atoms with van der Waals surface area (Å²) in [6, 6.07) is 42.7. The maximum atomic E-state index is 12.8. The Bertz CT molecular complexity index is 2160. The third kappa shape index (κ3) is 16.5. The molecule has 6 aromatic rings. The van der Waals surface area contributed by atoms with Crippen LogP contribution in [-0.2, 0) is 58.9 Å². The molecule has 0 atom stereocenters. The van der Waals surface area contributed by atoms with Crippen molar-refractivity contribution in [2.45, 2.75) is 65.7 Å². The minimum absolute atomic E-state index is 0. The van der Waals surface area contributed by atoms with Crippen molar-refractivity contribution in [1.29, 1.82) is 0 Å². The molecule has 0 aromatic heterocycles. The van der Waals surface area contributed by atoms with Crippen LogP contribution < -0.4 is 24.8 Å². The van der Waals surface area contributed by atoms with Crippen molar-refractivity contribution in [1.82, 2.24) is 0 Å². The van der Waals surface area contributed by atoms with Gasteiger partial charge in [-0.15, -0.1) is 6.61 Å². The smallest absolute Gasteiger partial charge is 2.00 e. The number of rotatable bonds is 9. The second-order valence-corrected chi connectivity index (χ2v) is 15.6. The molecule has 0 aliphatic carbocycles. The van der Waals surface area contributed by atoms with Gasteiger partial charge in [0.2, 0.25) is 0 Å². The van der Waals surface area contributed by atoms with Crippen molar-refractivity contribution in [2.75, 3.05) is 20.8 Å². The Labute approximate surface area is 397 Å². The zero-order valence-corrected chi connectivity index (χ0v) is 40.2. The van der Waals surface area contributed by atoms with E-state index in [0.29, 0.717) is 11.1 Å². The van der Waals surface area contributed by atoms with Gasteiger partial charge in [0.25, 0.3) is 0 Å². The largest absolute Gasteiger partial charge is 4.00 e. The van der Waals surface area contributed by atoms with Crippen LogP contribution in [-0.4, -0.2) is 38.7 Å². The molecule has 0 saturated heterocycles. The van der Waals surface area contributed by atoms with E-state index in [9.17, 15) is 15.3 Å². The van der Waals surface area contributed by atoms with Crippen LogP contribution in [0.15, 0.2) is 143 Å². The van der Waals surface area contributed by atoms with Crippen molar-refractivity contribution in [3.8, 4) is 45.3 Å². The predicted octanol–water partition coefficient (Wildman–Crippen LogP) is 10.3. The average Bonchev–Trinajstić information content (AvgIpc) is 3.22. The molecule has 12 heteroatoms. The van der Waals surface area contributed by atoms with Gasteiger partial charge in [0.15, 0.2) is 0 Å². The molecule has 10 nitrogen and oxygen atoms in total. The second kappa shape index (κ2) is 28.5. The molecule has 328 valence electrons. The number of hydrogen-bond donors (Lipinski definition) is 0. The fourth-order valence-electron chi connectivity index (χ4n) is 6.13. The van der Waals surface area contributed by atoms with Crippen molar-refractivity contribution in [3.63, 3.8) is 0 Å². The summed E-state index contributed by atoms with van der Waals surface area (Å²) in [5.41, 5.74) is 7.84. The molecule has 6 aromatic carbocycles. The van der Waals surface area contributed by atoms with Gasteiger partial charge in [-0.3, -0.25) is 9.98 Å². The van der Waals surface area contributed by atoms with E-state index in [4.69, 9.17) is 9.47 Å². The summed E-state index contributed by atoms with van der Waals surface area (Å²) in [4.78, 5) is 9.26. The van der Waals surface area contributed by atoms with E-state index < -0.39 is 0 Å². The van der Waals surface area contributed by atoms with E-state index in [0.717, 1.165) is 62.7 Å². The number of ether oxygens (including phenoxy) is 2. The van der Waals surface area contributed by atoms with Crippen LogP contribution in [0.5, 0.6) is 23.0 Å². The van der Waals surface area contributed by atoms with Gasteiger partial charge in [-0.1, -0.05) is 176 Å². The predicted molar refractivity (Wildman–Crippen MR) is 239 cm³/mol. The quantitative estimate of drug-likeness (QED) is 0.129. The third-order valence-corrected chi connectivity index (χ3v) is 9.20. The molecule has 0 amide bonds. The molecule has 6 rings (SSSR count). The van der Waals surface area contributed by atoms with Gasteiger partial charge in [-0.2, -0.15) is 0 Å². The van der Waals surface area contributed by atoms with Crippen LogP contribution in [0.4, 0.5) is 11.4 Å². The summed E-state index contributed by atoms with van der Waals surface area (Å²) < 4.78 is 11.0. The zero-order valence-electron chi connectivity index (χ0n) is 37.4. The van der Waals surface area contributed by atoms with Gasteiger partial charge < -0.3 is 41.2 Å². The van der Waals surface area contributed by atoms with Crippen LogP contribution in [0.3, 0.4) is 0 Å². The molecule has 2 radical (unpaired) electrons. The van der Waals surface area contributed by atoms with Crippen LogP contribution in [0.2, 0.25) is 0 Å². The van der Waals surface area contributed by atoms with E-state index in [-0.39, 0.29) is 82.5 Å². The van der Waals surface area contributed by atoms with Gasteiger partial charge in [-0.25, -0.2) is 0 Å². The van der Waals surface area contributed by atoms with Crippen molar-refractivity contribution >= 4 is 23.8 Å². The van der Waals surface area contributed by atoms with Gasteiger partial charge in [0, 0.05) is 34.7 Å². The number of nitrogens with zero attached hydrogens (tertiary/aromatic N) is 2. The molecule has 1 N–H and O–H groups in total. The van der Waals surface area contributed by atoms with Gasteiger partial charge in [0.05, 0.1) is 25.6 Å². The Morgan fingerprint density at radius 2 is 0.794 bits per heavy atom. The third-order valence-electron chi connectivity index (χ3n) is 9.20. The summed E-state index contributed by atoms with van der Waals surface area (Å²) in [7, 11) is 3.32. The molecule has 0 aliphatic rings. The van der Waals surface area contributed by atoms with Gasteiger partial charge in [0.1, 0.15) is 11.5 Å². The number of aliphatic imine (C=N–C) groups is 2. The molecule has 0 fully saturated rings. The standard InChI is InChI=1S/2C24H25NO2.C3H7O.H2O.2O.2V/c2*1-24(2,3)20-13-9-10-17(23(20)26)16-25-21-14-7-5-11-18(21)19-12-6-8-15-22(19)27-4;1-2-3-4;;;;;/h2*5-16,26H,1-4H3;2-3H2,1H3;1H2;;;;/q;;-1;;2*-2;2*+4/p-3. The summed E-state index contributed by atoms with van der Waals surface area (Å²) in [6.07, 6.45) is 4.08. The van der Waals surface area contributed by atoms with Crippen molar-refractivity contribution in [2.24, 2.45) is 9.98 Å². The van der Waals surface area contributed by atoms with E-state index in [1.165, 1.54) is 0 Å². The number of benzene rings is 6. The summed E-state index contributed by atoms with van der Waals surface area (Å²) in [5.74, 6) is 1.64. The summed E-state index contributed by atoms with van der Waals surface area (Å²) in [5, 5.41) is 34.9. The Kier molecular flexibility index (Phi) is 27.2. The van der Waals surface area contributed by atoms with E-state index >= 15 is 0 Å². The number of para-hydroxylation sites is 6. The molecule has 0 spiro atoms. The van der Waals surface area contributed by atoms with E-state index in [2.05, 4.69) is 9.98 Å². The topological polar surface area (TPSA) is 199 Å². The fraction of sp³-hybridized carbons (Fsp3) is 0.255. The van der Waals surface area contributed by atoms with E-state index in [1.807, 2.05) is 182 Å². The summed E-state index contributed by atoms with van der Waals surface area (Å²) in [6.45, 7) is 14.2. The Balaban J connectivity index is 0. The number of methoxy groups -OCH3 is 2. The van der Waals surface area contributed by atoms with Gasteiger partial charge >= 0.3 is 37.1 Å². The first-order valence-electron chi connectivity index (χ1n) is 19.5. The first kappa shape index (κ1) is 60.0. The SMILES string of the molecule is CCC[O-].COc1ccccc1-c1ccccc1N=Cc1cccc(C(C)(C)C)c1[O-].COc1ccccc1-c1ccccc1N=Cc1cccc(C(C)(C)C)c1[O-].[O-2].[O-2].[OH-].[V+4].[V+4]. The minimum Gasteiger partial charge on any atom is -2.00 e. The maximum absolute atomic E-state index is 12.8. The first-order valence-corrected chi connectivity index (χ1v) is 19.5. The van der Waals surface area contributed by atoms with Crippen LogP contribution >= 0.6 is 0 Å². The molecular formula is C51H56N2O8V2. The minimum atomic E-state index is -0.198. The van der Waals surface area contributed by atoms with Crippen molar-refractivity contribution in [3.05, 3.63) is 156 Å². The van der Waals surface area contributed by atoms with Crippen molar-refractivity contribution < 1.29 is 78.3 Å². The molecule has 0 bridgehead atoms. The average molecular weight is 927 g/mol. The monoisotopic (exact) mass is 926 g/mol. The fourth-order valence-corrected chi connectivity index (χ4v) is 6.13. The Morgan fingerprint density at radius 3 is 1.10 bits per heavy atom.